The smallest absolute Gasteiger partial charge is 0.210 e. The van der Waals surface area contributed by atoms with Gasteiger partial charge >= 0.3 is 11.4 Å². The molecule has 0 aliphatic rings. The molecule has 0 spiro atoms. The molecule has 0 aliphatic heterocycles. The minimum Gasteiger partial charge on any atom is -0.210 e. The van der Waals surface area contributed by atoms with Crippen LogP contribution >= 0.6 is 0 Å². The maximum atomic E-state index is 12.6. The minimum atomic E-state index is -6.11. The number of unbranched alkanes of at least 4 members (excludes halogenated alkanes) is 4. The summed E-state index contributed by atoms with van der Waals surface area (Å²) in [5.41, 5.74) is 0. The quantitative estimate of drug-likeness (QED) is 0.553. The predicted octanol–water partition coefficient (Wildman–Crippen LogP) is 3.03. The van der Waals surface area contributed by atoms with Crippen molar-refractivity contribution in [3.63, 3.8) is 0 Å². The average Bonchev–Trinajstić information content (AvgIpc) is 2.21. The molecule has 0 atom stereocenters. The summed E-state index contributed by atoms with van der Waals surface area (Å²) >= 11 is 0. The van der Waals surface area contributed by atoms with E-state index in [1.54, 1.807) is 0 Å². The Labute approximate surface area is 103 Å². The summed E-state index contributed by atoms with van der Waals surface area (Å²) in [6, 6.07) is 0. The first kappa shape index (κ1) is 17.6. The van der Waals surface area contributed by atoms with Crippen LogP contribution in [0.25, 0.3) is 0 Å². The molecule has 0 radical (unpaired) electrons. The third kappa shape index (κ3) is 4.68. The Kier molecular flexibility index (Phi) is 6.48. The molecule has 18 heavy (non-hydrogen) atoms. The van der Waals surface area contributed by atoms with Crippen molar-refractivity contribution in [3.05, 3.63) is 0 Å². The van der Waals surface area contributed by atoms with Crippen LogP contribution in [0.4, 0.5) is 22.0 Å². The maximum absolute atomic E-state index is 12.6. The van der Waals surface area contributed by atoms with Crippen molar-refractivity contribution in [1.82, 2.24) is 4.72 Å². The summed E-state index contributed by atoms with van der Waals surface area (Å²) in [7, 11) is -5.72. The first-order chi connectivity index (χ1) is 8.06. The van der Waals surface area contributed by atoms with Crippen molar-refractivity contribution in [1.29, 1.82) is 0 Å². The summed E-state index contributed by atoms with van der Waals surface area (Å²) in [6.07, 6.45) is -2.67. The second-order valence-electron chi connectivity index (χ2n) is 3.83. The van der Waals surface area contributed by atoms with Crippen molar-refractivity contribution < 1.29 is 30.4 Å². The van der Waals surface area contributed by atoms with Gasteiger partial charge in [0, 0.05) is 6.54 Å². The lowest BCUT2D eigenvalue weighted by molar-refractivity contribution is -0.241. The van der Waals surface area contributed by atoms with Crippen LogP contribution in [0.15, 0.2) is 0 Å². The summed E-state index contributed by atoms with van der Waals surface area (Å²) in [4.78, 5) is 0. The van der Waals surface area contributed by atoms with Crippen LogP contribution in [0.3, 0.4) is 0 Å². The molecular weight excluding hydrogens is 281 g/mol. The first-order valence-electron chi connectivity index (χ1n) is 5.50. The van der Waals surface area contributed by atoms with E-state index in [4.69, 9.17) is 0 Å². The Morgan fingerprint density at radius 1 is 0.944 bits per heavy atom. The van der Waals surface area contributed by atoms with E-state index in [9.17, 15) is 30.4 Å². The third-order valence-electron chi connectivity index (χ3n) is 2.24. The van der Waals surface area contributed by atoms with E-state index in [1.807, 2.05) is 6.92 Å². The molecule has 0 rings (SSSR count). The molecule has 0 unspecified atom stereocenters. The molecular formula is C9H16F5NO2S. The van der Waals surface area contributed by atoms with Gasteiger partial charge in [0.1, 0.15) is 0 Å². The summed E-state index contributed by atoms with van der Waals surface area (Å²) < 4.78 is 83.5. The van der Waals surface area contributed by atoms with Crippen molar-refractivity contribution in [2.45, 2.75) is 50.5 Å². The number of rotatable bonds is 8. The molecule has 0 fully saturated rings. The van der Waals surface area contributed by atoms with Crippen LogP contribution in [0.1, 0.15) is 39.0 Å². The average molecular weight is 297 g/mol. The SMILES string of the molecule is CCCCCCCNS(=O)(=O)C(F)(F)C(F)(F)F. The number of hydrogen-bond donors (Lipinski definition) is 1. The van der Waals surface area contributed by atoms with E-state index in [2.05, 4.69) is 0 Å². The monoisotopic (exact) mass is 297 g/mol. The van der Waals surface area contributed by atoms with Gasteiger partial charge in [-0.1, -0.05) is 32.6 Å². The van der Waals surface area contributed by atoms with E-state index in [0.717, 1.165) is 19.3 Å². The normalized spacial score (nSPS) is 13.9. The molecule has 0 saturated carbocycles. The van der Waals surface area contributed by atoms with Gasteiger partial charge in [0.15, 0.2) is 0 Å². The van der Waals surface area contributed by atoms with Gasteiger partial charge in [0.05, 0.1) is 0 Å². The second-order valence-corrected chi connectivity index (χ2v) is 5.63. The van der Waals surface area contributed by atoms with E-state index < -0.39 is 28.0 Å². The highest BCUT2D eigenvalue weighted by Crippen LogP contribution is 2.39. The van der Waals surface area contributed by atoms with Gasteiger partial charge in [-0.15, -0.1) is 0 Å². The Hall–Kier alpha value is -0.440. The van der Waals surface area contributed by atoms with Crippen molar-refractivity contribution in [3.8, 4) is 0 Å². The lowest BCUT2D eigenvalue weighted by atomic mass is 10.2. The van der Waals surface area contributed by atoms with Gasteiger partial charge in [-0.3, -0.25) is 0 Å². The fourth-order valence-corrected chi connectivity index (χ4v) is 2.08. The van der Waals surface area contributed by atoms with E-state index in [-0.39, 0.29) is 6.42 Å². The molecule has 0 heterocycles. The Balaban J connectivity index is 4.25. The van der Waals surface area contributed by atoms with E-state index in [1.165, 1.54) is 4.72 Å². The van der Waals surface area contributed by atoms with Gasteiger partial charge in [0.25, 0.3) is 10.0 Å². The topological polar surface area (TPSA) is 46.2 Å². The fraction of sp³-hybridized carbons (Fsp3) is 1.00. The number of nitrogens with one attached hydrogen (secondary N) is 1. The lowest BCUT2D eigenvalue weighted by Crippen LogP contribution is -2.50. The molecule has 0 aromatic heterocycles. The zero-order valence-corrected chi connectivity index (χ0v) is 10.7. The number of sulfonamides is 1. The van der Waals surface area contributed by atoms with Crippen molar-refractivity contribution >= 4 is 10.0 Å². The summed E-state index contributed by atoms with van der Waals surface area (Å²) in [6.45, 7) is 1.53. The van der Waals surface area contributed by atoms with Crippen molar-refractivity contribution in [2.75, 3.05) is 6.54 Å². The third-order valence-corrected chi connectivity index (χ3v) is 3.73. The molecule has 0 amide bonds. The van der Waals surface area contributed by atoms with E-state index >= 15 is 0 Å². The van der Waals surface area contributed by atoms with Crippen LogP contribution in [0.2, 0.25) is 0 Å². The molecule has 0 aromatic rings. The minimum absolute atomic E-state index is 0.229. The van der Waals surface area contributed by atoms with Gasteiger partial charge in [-0.2, -0.15) is 22.0 Å². The highest BCUT2D eigenvalue weighted by molar-refractivity contribution is 7.90. The summed E-state index contributed by atoms with van der Waals surface area (Å²) in [5.74, 6) is 0. The molecule has 0 saturated heterocycles. The van der Waals surface area contributed by atoms with Crippen LogP contribution < -0.4 is 4.72 Å². The van der Waals surface area contributed by atoms with Gasteiger partial charge in [-0.25, -0.2) is 13.1 Å². The van der Waals surface area contributed by atoms with Crippen LogP contribution in [-0.4, -0.2) is 26.4 Å². The van der Waals surface area contributed by atoms with Crippen LogP contribution in [0, 0.1) is 0 Å². The second kappa shape index (κ2) is 6.65. The molecule has 110 valence electrons. The zero-order valence-electron chi connectivity index (χ0n) is 9.86. The predicted molar refractivity (Wildman–Crippen MR) is 56.7 cm³/mol. The Morgan fingerprint density at radius 2 is 1.44 bits per heavy atom. The van der Waals surface area contributed by atoms with Gasteiger partial charge in [-0.05, 0) is 6.42 Å². The molecule has 0 bridgehead atoms. The Bertz CT molecular complexity index is 339. The molecule has 3 nitrogen and oxygen atoms in total. The van der Waals surface area contributed by atoms with E-state index in [0.29, 0.717) is 6.42 Å². The first-order valence-corrected chi connectivity index (χ1v) is 6.98. The largest absolute Gasteiger partial charge is 0.470 e. The molecule has 0 aliphatic carbocycles. The Morgan fingerprint density at radius 3 is 1.89 bits per heavy atom. The zero-order chi connectivity index (χ0) is 14.4. The highest BCUT2D eigenvalue weighted by atomic mass is 32.2. The number of alkyl halides is 5. The van der Waals surface area contributed by atoms with Crippen molar-refractivity contribution in [2.24, 2.45) is 0 Å². The highest BCUT2D eigenvalue weighted by Gasteiger charge is 2.67. The maximum Gasteiger partial charge on any atom is 0.470 e. The number of hydrogen-bond acceptors (Lipinski definition) is 2. The van der Waals surface area contributed by atoms with Gasteiger partial charge in [0.2, 0.25) is 0 Å². The van der Waals surface area contributed by atoms with Crippen LogP contribution in [0.5, 0.6) is 0 Å². The standard InChI is InChI=1S/C9H16F5NO2S/c1-2-3-4-5-6-7-15-18(16,17)9(13,14)8(10,11)12/h15H,2-7H2,1H3. The molecule has 1 N–H and O–H groups in total. The van der Waals surface area contributed by atoms with Gasteiger partial charge < -0.3 is 0 Å². The summed E-state index contributed by atoms with van der Waals surface area (Å²) in [5, 5.41) is -5.76. The molecule has 9 heteroatoms. The fourth-order valence-electron chi connectivity index (χ4n) is 1.18. The lowest BCUT2D eigenvalue weighted by Gasteiger charge is -2.19. The van der Waals surface area contributed by atoms with Crippen LogP contribution in [-0.2, 0) is 10.0 Å². The molecule has 0 aromatic carbocycles. The number of halogens is 5.